The molecule has 0 aliphatic carbocycles. The quantitative estimate of drug-likeness (QED) is 0.558. The predicted octanol–water partition coefficient (Wildman–Crippen LogP) is 1.09. The SMILES string of the molecule is CC1(C)OB(c2cncc(C(O)C(O)CCS)c2)OC1(C)C. The van der Waals surface area contributed by atoms with E-state index in [4.69, 9.17) is 9.31 Å². The zero-order chi connectivity index (χ0) is 16.5. The highest BCUT2D eigenvalue weighted by atomic mass is 32.1. The van der Waals surface area contributed by atoms with Crippen molar-refractivity contribution in [2.75, 3.05) is 5.75 Å². The Kier molecular flexibility index (Phi) is 5.24. The lowest BCUT2D eigenvalue weighted by atomic mass is 9.79. The number of nitrogens with zero attached hydrogens (tertiary/aromatic N) is 1. The Hall–Kier alpha value is -0.595. The second-order valence-corrected chi connectivity index (χ2v) is 7.11. The van der Waals surface area contributed by atoms with Crippen LogP contribution in [0.4, 0.5) is 0 Å². The van der Waals surface area contributed by atoms with Crippen molar-refractivity contribution in [1.82, 2.24) is 4.98 Å². The third-order valence-corrected chi connectivity index (χ3v) is 4.70. The summed E-state index contributed by atoms with van der Waals surface area (Å²) >= 11 is 4.07. The maximum atomic E-state index is 10.2. The van der Waals surface area contributed by atoms with E-state index >= 15 is 0 Å². The Bertz CT molecular complexity index is 510. The monoisotopic (exact) mass is 325 g/mol. The summed E-state index contributed by atoms with van der Waals surface area (Å²) in [7, 11) is -0.535. The molecule has 2 heterocycles. The maximum Gasteiger partial charge on any atom is 0.496 e. The molecule has 1 aromatic heterocycles. The average molecular weight is 325 g/mol. The molecule has 1 aliphatic rings. The molecular weight excluding hydrogens is 301 g/mol. The first-order valence-electron chi connectivity index (χ1n) is 7.45. The average Bonchev–Trinajstić information content (AvgIpc) is 2.67. The van der Waals surface area contributed by atoms with E-state index in [0.29, 0.717) is 17.7 Å². The van der Waals surface area contributed by atoms with Gasteiger partial charge in [0.25, 0.3) is 0 Å². The summed E-state index contributed by atoms with van der Waals surface area (Å²) in [6, 6.07) is 1.77. The molecule has 122 valence electrons. The molecule has 1 fully saturated rings. The molecule has 1 saturated heterocycles. The number of aliphatic hydroxyl groups is 2. The summed E-state index contributed by atoms with van der Waals surface area (Å²) in [5.74, 6) is 0.503. The van der Waals surface area contributed by atoms with Crippen LogP contribution in [0.3, 0.4) is 0 Å². The van der Waals surface area contributed by atoms with Crippen LogP contribution in [0.15, 0.2) is 18.5 Å². The van der Waals surface area contributed by atoms with E-state index in [-0.39, 0.29) is 0 Å². The second-order valence-electron chi connectivity index (χ2n) is 6.66. The molecule has 0 amide bonds. The molecule has 0 bridgehead atoms. The molecule has 1 aliphatic heterocycles. The fourth-order valence-electron chi connectivity index (χ4n) is 2.26. The van der Waals surface area contributed by atoms with Crippen molar-refractivity contribution in [3.8, 4) is 0 Å². The number of hydrogen-bond donors (Lipinski definition) is 3. The summed E-state index contributed by atoms with van der Waals surface area (Å²) in [5.41, 5.74) is 0.408. The molecule has 22 heavy (non-hydrogen) atoms. The minimum Gasteiger partial charge on any atom is -0.399 e. The van der Waals surface area contributed by atoms with Gasteiger partial charge in [-0.05, 0) is 39.9 Å². The Morgan fingerprint density at radius 1 is 1.18 bits per heavy atom. The van der Waals surface area contributed by atoms with Gasteiger partial charge in [0.15, 0.2) is 0 Å². The van der Waals surface area contributed by atoms with E-state index in [2.05, 4.69) is 17.6 Å². The fourth-order valence-corrected chi connectivity index (χ4v) is 2.52. The molecular formula is C15H24BNO4S. The van der Waals surface area contributed by atoms with Crippen LogP contribution in [0.2, 0.25) is 0 Å². The van der Waals surface area contributed by atoms with Gasteiger partial charge in [-0.3, -0.25) is 4.98 Å². The Balaban J connectivity index is 2.20. The van der Waals surface area contributed by atoms with Gasteiger partial charge in [0.1, 0.15) is 6.10 Å². The summed E-state index contributed by atoms with van der Waals surface area (Å²) in [6.45, 7) is 7.93. The lowest BCUT2D eigenvalue weighted by Gasteiger charge is -2.32. The lowest BCUT2D eigenvalue weighted by molar-refractivity contribution is 0.00578. The molecule has 0 aromatic carbocycles. The van der Waals surface area contributed by atoms with Crippen LogP contribution in [0.25, 0.3) is 0 Å². The minimum atomic E-state index is -0.998. The smallest absolute Gasteiger partial charge is 0.399 e. The predicted molar refractivity (Wildman–Crippen MR) is 89.4 cm³/mol. The van der Waals surface area contributed by atoms with Gasteiger partial charge in [-0.1, -0.05) is 6.07 Å². The lowest BCUT2D eigenvalue weighted by Crippen LogP contribution is -2.41. The third-order valence-electron chi connectivity index (χ3n) is 4.44. The van der Waals surface area contributed by atoms with E-state index in [0.717, 1.165) is 5.46 Å². The molecule has 2 N–H and O–H groups in total. The van der Waals surface area contributed by atoms with Crippen LogP contribution in [0.5, 0.6) is 0 Å². The molecule has 0 spiro atoms. The zero-order valence-electron chi connectivity index (χ0n) is 13.5. The van der Waals surface area contributed by atoms with Crippen molar-refractivity contribution in [3.63, 3.8) is 0 Å². The normalized spacial score (nSPS) is 22.6. The van der Waals surface area contributed by atoms with E-state index in [1.54, 1.807) is 18.5 Å². The van der Waals surface area contributed by atoms with Crippen molar-refractivity contribution in [2.24, 2.45) is 0 Å². The number of pyridine rings is 1. The Labute approximate surface area is 137 Å². The van der Waals surface area contributed by atoms with E-state index in [1.165, 1.54) is 0 Å². The first-order chi connectivity index (χ1) is 10.2. The number of aliphatic hydroxyl groups excluding tert-OH is 2. The van der Waals surface area contributed by atoms with Gasteiger partial charge in [-0.15, -0.1) is 0 Å². The van der Waals surface area contributed by atoms with Crippen LogP contribution in [-0.2, 0) is 9.31 Å². The first kappa shape index (κ1) is 17.8. The van der Waals surface area contributed by atoms with Crippen molar-refractivity contribution < 1.29 is 19.5 Å². The maximum absolute atomic E-state index is 10.2. The van der Waals surface area contributed by atoms with E-state index in [1.807, 2.05) is 27.7 Å². The topological polar surface area (TPSA) is 71.8 Å². The first-order valence-corrected chi connectivity index (χ1v) is 8.08. The summed E-state index contributed by atoms with van der Waals surface area (Å²) < 4.78 is 11.9. The highest BCUT2D eigenvalue weighted by Crippen LogP contribution is 2.36. The van der Waals surface area contributed by atoms with Crippen molar-refractivity contribution >= 4 is 25.2 Å². The molecule has 2 atom stereocenters. The van der Waals surface area contributed by atoms with Crippen molar-refractivity contribution in [3.05, 3.63) is 24.0 Å². The van der Waals surface area contributed by atoms with Gasteiger partial charge < -0.3 is 19.5 Å². The van der Waals surface area contributed by atoms with Crippen LogP contribution >= 0.6 is 12.6 Å². The summed E-state index contributed by atoms with van der Waals surface area (Å²) in [5, 5.41) is 20.1. The largest absolute Gasteiger partial charge is 0.496 e. The van der Waals surface area contributed by atoms with Gasteiger partial charge in [0.05, 0.1) is 17.3 Å². The molecule has 5 nitrogen and oxygen atoms in total. The molecule has 0 saturated carbocycles. The molecule has 0 radical (unpaired) electrons. The standard InChI is InChI=1S/C15H24BNO4S/c1-14(2)15(3,4)21-16(20-14)11-7-10(8-17-9-11)13(19)12(18)5-6-22/h7-9,12-13,18-19,22H,5-6H2,1-4H3. The van der Waals surface area contributed by atoms with Gasteiger partial charge in [0, 0.05) is 23.4 Å². The number of thiol groups is 1. The summed E-state index contributed by atoms with van der Waals surface area (Å²) in [6.07, 6.45) is 1.74. The van der Waals surface area contributed by atoms with Gasteiger partial charge in [-0.25, -0.2) is 0 Å². The zero-order valence-corrected chi connectivity index (χ0v) is 14.4. The van der Waals surface area contributed by atoms with Gasteiger partial charge >= 0.3 is 7.12 Å². The van der Waals surface area contributed by atoms with E-state index in [9.17, 15) is 10.2 Å². The minimum absolute atomic E-state index is 0.408. The molecule has 2 unspecified atom stereocenters. The fraction of sp³-hybridized carbons (Fsp3) is 0.667. The van der Waals surface area contributed by atoms with E-state index < -0.39 is 30.5 Å². The number of rotatable bonds is 5. The molecule has 7 heteroatoms. The second kappa shape index (κ2) is 6.49. The van der Waals surface area contributed by atoms with Crippen molar-refractivity contribution in [1.29, 1.82) is 0 Å². The van der Waals surface area contributed by atoms with Gasteiger partial charge in [-0.2, -0.15) is 12.6 Å². The molecule has 1 aromatic rings. The number of aromatic nitrogens is 1. The number of hydrogen-bond acceptors (Lipinski definition) is 6. The third kappa shape index (κ3) is 3.49. The van der Waals surface area contributed by atoms with Crippen LogP contribution in [-0.4, -0.2) is 45.4 Å². The van der Waals surface area contributed by atoms with Crippen LogP contribution in [0, 0.1) is 0 Å². The van der Waals surface area contributed by atoms with Gasteiger partial charge in [0.2, 0.25) is 0 Å². The summed E-state index contributed by atoms with van der Waals surface area (Å²) in [4.78, 5) is 4.14. The highest BCUT2D eigenvalue weighted by molar-refractivity contribution is 7.80. The Morgan fingerprint density at radius 2 is 1.77 bits per heavy atom. The van der Waals surface area contributed by atoms with Crippen LogP contribution in [0.1, 0.15) is 45.8 Å². The Morgan fingerprint density at radius 3 is 2.32 bits per heavy atom. The van der Waals surface area contributed by atoms with Crippen LogP contribution < -0.4 is 5.46 Å². The van der Waals surface area contributed by atoms with Crippen molar-refractivity contribution in [2.45, 2.75) is 57.5 Å². The molecule has 2 rings (SSSR count). The highest BCUT2D eigenvalue weighted by Gasteiger charge is 2.51.